The summed E-state index contributed by atoms with van der Waals surface area (Å²) in [6.45, 7) is 0.493. The standard InChI is InChI=1S/C28H28N2O6/c1-33-17-9-10-22(34-2)21(14-17)29-27(31)25-18-7-5-6-8-19(18)28(32)30-12-11-16-13-23(35-3)24(36-4)15-20(16)26(25)30/h5-10,13-15,25-26H,11-12H2,1-4H3,(H,29,31)/t25-,26-/m1/s1. The van der Waals surface area contributed by atoms with Crippen molar-refractivity contribution in [3.63, 3.8) is 0 Å². The first-order valence-electron chi connectivity index (χ1n) is 11.7. The maximum absolute atomic E-state index is 14.0. The summed E-state index contributed by atoms with van der Waals surface area (Å²) in [5.41, 5.74) is 3.62. The van der Waals surface area contributed by atoms with Crippen LogP contribution in [0.3, 0.4) is 0 Å². The van der Waals surface area contributed by atoms with E-state index in [1.54, 1.807) is 57.6 Å². The predicted octanol–water partition coefficient (Wildman–Crippen LogP) is 4.20. The highest BCUT2D eigenvalue weighted by Crippen LogP contribution is 2.48. The van der Waals surface area contributed by atoms with Crippen molar-refractivity contribution < 1.29 is 28.5 Å². The molecule has 0 saturated heterocycles. The average Bonchev–Trinajstić information content (AvgIpc) is 2.92. The van der Waals surface area contributed by atoms with E-state index in [-0.39, 0.29) is 11.8 Å². The molecular formula is C28H28N2O6. The number of rotatable bonds is 6. The Bertz CT molecular complexity index is 1340. The lowest BCUT2D eigenvalue weighted by Gasteiger charge is -2.45. The lowest BCUT2D eigenvalue weighted by molar-refractivity contribution is -0.119. The molecule has 36 heavy (non-hydrogen) atoms. The fourth-order valence-corrected chi connectivity index (χ4v) is 5.26. The molecule has 2 atom stereocenters. The molecule has 2 heterocycles. The number of hydrogen-bond acceptors (Lipinski definition) is 6. The number of nitrogens with one attached hydrogen (secondary N) is 1. The zero-order chi connectivity index (χ0) is 25.4. The highest BCUT2D eigenvalue weighted by atomic mass is 16.5. The maximum atomic E-state index is 14.0. The van der Waals surface area contributed by atoms with Gasteiger partial charge in [-0.15, -0.1) is 0 Å². The quantitative estimate of drug-likeness (QED) is 0.560. The maximum Gasteiger partial charge on any atom is 0.254 e. The summed E-state index contributed by atoms with van der Waals surface area (Å²) < 4.78 is 21.9. The topological polar surface area (TPSA) is 86.3 Å². The third-order valence-corrected chi connectivity index (χ3v) is 6.97. The Balaban J connectivity index is 1.65. The van der Waals surface area contributed by atoms with E-state index in [4.69, 9.17) is 18.9 Å². The first-order chi connectivity index (χ1) is 17.5. The van der Waals surface area contributed by atoms with Crippen LogP contribution < -0.4 is 24.3 Å². The summed E-state index contributed by atoms with van der Waals surface area (Å²) in [5.74, 6) is 1.28. The summed E-state index contributed by atoms with van der Waals surface area (Å²) in [4.78, 5) is 29.4. The molecule has 0 fully saturated rings. The normalized spacial score (nSPS) is 17.9. The van der Waals surface area contributed by atoms with E-state index < -0.39 is 12.0 Å². The molecule has 0 aliphatic carbocycles. The van der Waals surface area contributed by atoms with Gasteiger partial charge in [-0.3, -0.25) is 9.59 Å². The Morgan fingerprint density at radius 2 is 1.58 bits per heavy atom. The van der Waals surface area contributed by atoms with Gasteiger partial charge in [-0.2, -0.15) is 0 Å². The van der Waals surface area contributed by atoms with Gasteiger partial charge in [-0.05, 0) is 53.4 Å². The number of benzene rings is 3. The van der Waals surface area contributed by atoms with Gasteiger partial charge in [0, 0.05) is 18.2 Å². The number of fused-ring (bicyclic) bond motifs is 4. The van der Waals surface area contributed by atoms with Gasteiger partial charge < -0.3 is 29.2 Å². The smallest absolute Gasteiger partial charge is 0.254 e. The molecule has 0 aromatic heterocycles. The third-order valence-electron chi connectivity index (χ3n) is 6.97. The van der Waals surface area contributed by atoms with Crippen LogP contribution in [0.4, 0.5) is 5.69 Å². The molecule has 0 spiro atoms. The first-order valence-corrected chi connectivity index (χ1v) is 11.7. The van der Waals surface area contributed by atoms with Gasteiger partial charge in [0.2, 0.25) is 5.91 Å². The van der Waals surface area contributed by atoms with Crippen LogP contribution in [0.25, 0.3) is 0 Å². The van der Waals surface area contributed by atoms with Crippen molar-refractivity contribution >= 4 is 17.5 Å². The van der Waals surface area contributed by atoms with E-state index in [1.165, 1.54) is 0 Å². The second-order valence-electron chi connectivity index (χ2n) is 8.72. The minimum atomic E-state index is -0.660. The molecular weight excluding hydrogens is 460 g/mol. The molecule has 5 rings (SSSR count). The minimum absolute atomic E-state index is 0.0842. The Labute approximate surface area is 209 Å². The zero-order valence-electron chi connectivity index (χ0n) is 20.7. The van der Waals surface area contributed by atoms with Gasteiger partial charge in [-0.1, -0.05) is 18.2 Å². The monoisotopic (exact) mass is 488 g/mol. The van der Waals surface area contributed by atoms with Crippen molar-refractivity contribution in [2.45, 2.75) is 18.4 Å². The van der Waals surface area contributed by atoms with Crippen LogP contribution in [-0.2, 0) is 11.2 Å². The highest BCUT2D eigenvalue weighted by Gasteiger charge is 2.46. The molecule has 0 bridgehead atoms. The van der Waals surface area contributed by atoms with E-state index >= 15 is 0 Å². The number of anilines is 1. The van der Waals surface area contributed by atoms with Gasteiger partial charge in [0.15, 0.2) is 11.5 Å². The van der Waals surface area contributed by atoms with Crippen molar-refractivity contribution in [1.82, 2.24) is 4.90 Å². The minimum Gasteiger partial charge on any atom is -0.497 e. The molecule has 2 aliphatic heterocycles. The molecule has 8 heteroatoms. The van der Waals surface area contributed by atoms with Crippen LogP contribution in [0.2, 0.25) is 0 Å². The van der Waals surface area contributed by atoms with Gasteiger partial charge in [0.1, 0.15) is 11.5 Å². The van der Waals surface area contributed by atoms with E-state index in [0.717, 1.165) is 11.1 Å². The number of nitrogens with zero attached hydrogens (tertiary/aromatic N) is 1. The molecule has 2 aliphatic rings. The average molecular weight is 489 g/mol. The van der Waals surface area contributed by atoms with Crippen LogP contribution in [0, 0.1) is 0 Å². The fraction of sp³-hybridized carbons (Fsp3) is 0.286. The van der Waals surface area contributed by atoms with Crippen LogP contribution >= 0.6 is 0 Å². The molecule has 0 unspecified atom stereocenters. The fourth-order valence-electron chi connectivity index (χ4n) is 5.26. The van der Waals surface area contributed by atoms with Crippen LogP contribution in [-0.4, -0.2) is 51.7 Å². The number of methoxy groups -OCH3 is 4. The van der Waals surface area contributed by atoms with Crippen LogP contribution in [0.15, 0.2) is 54.6 Å². The number of carbonyl (C=O) groups excluding carboxylic acids is 2. The Morgan fingerprint density at radius 3 is 2.31 bits per heavy atom. The number of amides is 2. The first kappa shape index (κ1) is 23.5. The summed E-state index contributed by atoms with van der Waals surface area (Å²) >= 11 is 0. The van der Waals surface area contributed by atoms with E-state index in [9.17, 15) is 9.59 Å². The van der Waals surface area contributed by atoms with E-state index in [2.05, 4.69) is 5.32 Å². The molecule has 2 amide bonds. The molecule has 1 N–H and O–H groups in total. The molecule has 186 valence electrons. The molecule has 0 saturated carbocycles. The Kier molecular flexibility index (Phi) is 6.18. The molecule has 0 radical (unpaired) electrons. The number of ether oxygens (including phenoxy) is 4. The second-order valence-corrected chi connectivity index (χ2v) is 8.72. The molecule has 3 aromatic carbocycles. The van der Waals surface area contributed by atoms with E-state index in [0.29, 0.717) is 52.8 Å². The summed E-state index contributed by atoms with van der Waals surface area (Å²) in [6, 6.07) is 15.9. The summed E-state index contributed by atoms with van der Waals surface area (Å²) in [5, 5.41) is 3.04. The van der Waals surface area contributed by atoms with Gasteiger partial charge in [0.05, 0.1) is 46.1 Å². The van der Waals surface area contributed by atoms with E-state index in [1.807, 2.05) is 30.3 Å². The van der Waals surface area contributed by atoms with Gasteiger partial charge >= 0.3 is 0 Å². The second kappa shape index (κ2) is 9.45. The Hall–Kier alpha value is -4.20. The lowest BCUT2D eigenvalue weighted by atomic mass is 9.75. The third kappa shape index (κ3) is 3.79. The lowest BCUT2D eigenvalue weighted by Crippen LogP contribution is -2.49. The SMILES string of the molecule is COc1ccc(OC)c(NC(=O)[C@@H]2c3ccccc3C(=O)N3CCc4cc(OC)c(OC)cc4[C@H]23)c1. The predicted molar refractivity (Wildman–Crippen MR) is 134 cm³/mol. The summed E-state index contributed by atoms with van der Waals surface area (Å²) in [6.07, 6.45) is 0.651. The zero-order valence-corrected chi connectivity index (χ0v) is 20.7. The highest BCUT2D eigenvalue weighted by molar-refractivity contribution is 6.05. The number of hydrogen-bond donors (Lipinski definition) is 1. The van der Waals surface area contributed by atoms with Gasteiger partial charge in [0.25, 0.3) is 5.91 Å². The summed E-state index contributed by atoms with van der Waals surface area (Å²) in [7, 11) is 6.28. The van der Waals surface area contributed by atoms with Crippen molar-refractivity contribution in [2.24, 2.45) is 0 Å². The van der Waals surface area contributed by atoms with Gasteiger partial charge in [-0.25, -0.2) is 0 Å². The Morgan fingerprint density at radius 1 is 0.861 bits per heavy atom. The van der Waals surface area contributed by atoms with Crippen LogP contribution in [0.5, 0.6) is 23.0 Å². The van der Waals surface area contributed by atoms with Crippen molar-refractivity contribution in [3.05, 3.63) is 76.9 Å². The van der Waals surface area contributed by atoms with Crippen molar-refractivity contribution in [3.8, 4) is 23.0 Å². The number of carbonyl (C=O) groups is 2. The van der Waals surface area contributed by atoms with Crippen LogP contribution in [0.1, 0.15) is 39.0 Å². The largest absolute Gasteiger partial charge is 0.497 e. The molecule has 3 aromatic rings. The van der Waals surface area contributed by atoms with Crippen molar-refractivity contribution in [2.75, 3.05) is 40.3 Å². The molecule has 8 nitrogen and oxygen atoms in total. The van der Waals surface area contributed by atoms with Crippen molar-refractivity contribution in [1.29, 1.82) is 0 Å².